The first-order chi connectivity index (χ1) is 11.1. The van der Waals surface area contributed by atoms with E-state index in [1.165, 1.54) is 12.1 Å². The van der Waals surface area contributed by atoms with Gasteiger partial charge in [-0.1, -0.05) is 25.3 Å². The number of aliphatic carboxylic acids is 1. The molecule has 0 aliphatic heterocycles. The summed E-state index contributed by atoms with van der Waals surface area (Å²) in [4.78, 5) is 26.7. The van der Waals surface area contributed by atoms with Gasteiger partial charge in [-0.05, 0) is 31.0 Å². The number of aromatic amines is 1. The Kier molecular flexibility index (Phi) is 4.32. The van der Waals surface area contributed by atoms with Crippen molar-refractivity contribution in [3.8, 4) is 0 Å². The fourth-order valence-corrected chi connectivity index (χ4v) is 3.26. The molecular weight excluding hydrogens is 299 g/mol. The summed E-state index contributed by atoms with van der Waals surface area (Å²) in [5.74, 6) is -2.23. The second-order valence-electron chi connectivity index (χ2n) is 6.05. The fraction of sp³-hybridized carbons (Fsp3) is 0.412. The maximum absolute atomic E-state index is 13.7. The van der Waals surface area contributed by atoms with Crippen molar-refractivity contribution in [3.05, 3.63) is 35.8 Å². The third-order valence-electron chi connectivity index (χ3n) is 4.51. The number of aromatic nitrogens is 1. The topological polar surface area (TPSA) is 82.2 Å². The van der Waals surface area contributed by atoms with Crippen LogP contribution in [0.4, 0.5) is 4.39 Å². The Labute approximate surface area is 132 Å². The predicted octanol–water partition coefficient (Wildman–Crippen LogP) is 3.07. The molecule has 0 saturated heterocycles. The van der Waals surface area contributed by atoms with Gasteiger partial charge in [-0.25, -0.2) is 4.39 Å². The van der Waals surface area contributed by atoms with Gasteiger partial charge in [0.2, 0.25) is 0 Å². The molecule has 1 fully saturated rings. The molecule has 6 heteroatoms. The minimum atomic E-state index is -0.875. The molecule has 2 aromatic rings. The smallest absolute Gasteiger partial charge is 0.308 e. The lowest BCUT2D eigenvalue weighted by Gasteiger charge is -2.22. The average Bonchev–Trinajstić information content (AvgIpc) is 2.82. The van der Waals surface area contributed by atoms with Gasteiger partial charge in [-0.2, -0.15) is 0 Å². The van der Waals surface area contributed by atoms with Crippen LogP contribution in [-0.2, 0) is 4.79 Å². The number of carboxylic acid groups (broad SMARTS) is 1. The molecule has 1 aromatic carbocycles. The summed E-state index contributed by atoms with van der Waals surface area (Å²) in [6, 6.07) is 5.68. The Bertz CT molecular complexity index is 741. The number of rotatable bonds is 3. The van der Waals surface area contributed by atoms with E-state index in [4.69, 9.17) is 0 Å². The number of carboxylic acids is 1. The molecular formula is C17H19FN2O3. The van der Waals surface area contributed by atoms with Crippen molar-refractivity contribution < 1.29 is 19.1 Å². The van der Waals surface area contributed by atoms with E-state index in [2.05, 4.69) is 10.3 Å². The average molecular weight is 318 g/mol. The molecule has 5 nitrogen and oxygen atoms in total. The zero-order valence-electron chi connectivity index (χ0n) is 12.6. The van der Waals surface area contributed by atoms with E-state index in [-0.39, 0.29) is 5.69 Å². The second kappa shape index (κ2) is 6.40. The van der Waals surface area contributed by atoms with Gasteiger partial charge in [0.15, 0.2) is 0 Å². The first kappa shape index (κ1) is 15.5. The van der Waals surface area contributed by atoms with E-state index in [0.29, 0.717) is 23.7 Å². The summed E-state index contributed by atoms with van der Waals surface area (Å²) >= 11 is 0. The molecule has 0 unspecified atom stereocenters. The van der Waals surface area contributed by atoms with E-state index in [1.54, 1.807) is 12.1 Å². The van der Waals surface area contributed by atoms with Crippen LogP contribution < -0.4 is 5.32 Å². The summed E-state index contributed by atoms with van der Waals surface area (Å²) in [7, 11) is 0. The fourth-order valence-electron chi connectivity index (χ4n) is 3.26. The van der Waals surface area contributed by atoms with Gasteiger partial charge in [-0.15, -0.1) is 0 Å². The molecule has 0 spiro atoms. The van der Waals surface area contributed by atoms with Gasteiger partial charge < -0.3 is 15.4 Å². The van der Waals surface area contributed by atoms with E-state index in [1.807, 2.05) is 0 Å². The highest BCUT2D eigenvalue weighted by Gasteiger charge is 2.31. The summed E-state index contributed by atoms with van der Waals surface area (Å²) < 4.78 is 13.7. The SMILES string of the molecule is O=C(N[C@H]1CCCCC[C@H]1C(=O)O)c1cc2c(F)cccc2[nH]1. The zero-order valence-corrected chi connectivity index (χ0v) is 12.6. The number of halogens is 1. The Morgan fingerprint density at radius 2 is 2.00 bits per heavy atom. The van der Waals surface area contributed by atoms with Gasteiger partial charge in [0.1, 0.15) is 11.5 Å². The minimum Gasteiger partial charge on any atom is -0.481 e. The standard InChI is InChI=1S/C17H19FN2O3/c18-12-6-4-8-14-11(12)9-15(19-14)16(21)20-13-7-3-1-2-5-10(13)17(22)23/h4,6,8-10,13,19H,1-3,5,7H2,(H,20,21)(H,22,23)/t10-,13+/m1/s1. The van der Waals surface area contributed by atoms with E-state index >= 15 is 0 Å². The van der Waals surface area contributed by atoms with Crippen LogP contribution in [0, 0.1) is 11.7 Å². The Hall–Kier alpha value is -2.37. The molecule has 1 aromatic heterocycles. The number of hydrogen-bond acceptors (Lipinski definition) is 2. The van der Waals surface area contributed by atoms with Gasteiger partial charge in [0.25, 0.3) is 5.91 Å². The number of fused-ring (bicyclic) bond motifs is 1. The van der Waals surface area contributed by atoms with Gasteiger partial charge in [-0.3, -0.25) is 9.59 Å². The van der Waals surface area contributed by atoms with Crippen molar-refractivity contribution in [1.29, 1.82) is 0 Å². The van der Waals surface area contributed by atoms with Crippen molar-refractivity contribution in [2.45, 2.75) is 38.1 Å². The van der Waals surface area contributed by atoms with Crippen LogP contribution >= 0.6 is 0 Å². The number of H-pyrrole nitrogens is 1. The monoisotopic (exact) mass is 318 g/mol. The lowest BCUT2D eigenvalue weighted by atomic mass is 9.95. The zero-order chi connectivity index (χ0) is 16.4. The van der Waals surface area contributed by atoms with Crippen LogP contribution in [0.5, 0.6) is 0 Å². The normalized spacial score (nSPS) is 21.8. The van der Waals surface area contributed by atoms with Crippen LogP contribution in [0.15, 0.2) is 24.3 Å². The molecule has 0 bridgehead atoms. The Morgan fingerprint density at radius 3 is 2.74 bits per heavy atom. The first-order valence-corrected chi connectivity index (χ1v) is 7.87. The molecule has 2 atom stereocenters. The van der Waals surface area contributed by atoms with Crippen LogP contribution in [0.25, 0.3) is 10.9 Å². The van der Waals surface area contributed by atoms with Crippen LogP contribution in [0.2, 0.25) is 0 Å². The lowest BCUT2D eigenvalue weighted by molar-refractivity contribution is -0.142. The van der Waals surface area contributed by atoms with Crippen molar-refractivity contribution >= 4 is 22.8 Å². The molecule has 3 N–H and O–H groups in total. The number of carbonyl (C=O) groups excluding carboxylic acids is 1. The quantitative estimate of drug-likeness (QED) is 0.761. The van der Waals surface area contributed by atoms with E-state index in [9.17, 15) is 19.1 Å². The third kappa shape index (κ3) is 3.21. The largest absolute Gasteiger partial charge is 0.481 e. The molecule has 3 rings (SSSR count). The molecule has 1 saturated carbocycles. The predicted molar refractivity (Wildman–Crippen MR) is 83.7 cm³/mol. The Balaban J connectivity index is 1.81. The molecule has 1 heterocycles. The van der Waals surface area contributed by atoms with Crippen molar-refractivity contribution in [2.24, 2.45) is 5.92 Å². The first-order valence-electron chi connectivity index (χ1n) is 7.87. The molecule has 23 heavy (non-hydrogen) atoms. The van der Waals surface area contributed by atoms with Crippen molar-refractivity contribution in [2.75, 3.05) is 0 Å². The molecule has 1 amide bonds. The van der Waals surface area contributed by atoms with Crippen LogP contribution in [0.3, 0.4) is 0 Å². The summed E-state index contributed by atoms with van der Waals surface area (Å²) in [6.45, 7) is 0. The van der Waals surface area contributed by atoms with Gasteiger partial charge in [0, 0.05) is 16.9 Å². The number of nitrogens with one attached hydrogen (secondary N) is 2. The lowest BCUT2D eigenvalue weighted by Crippen LogP contribution is -2.42. The maximum Gasteiger partial charge on any atom is 0.308 e. The maximum atomic E-state index is 13.7. The number of carbonyl (C=O) groups is 2. The van der Waals surface area contributed by atoms with E-state index < -0.39 is 29.7 Å². The summed E-state index contributed by atoms with van der Waals surface area (Å²) in [6.07, 6.45) is 3.96. The number of benzene rings is 1. The summed E-state index contributed by atoms with van der Waals surface area (Å²) in [5, 5.41) is 12.5. The molecule has 1 aliphatic rings. The molecule has 0 radical (unpaired) electrons. The van der Waals surface area contributed by atoms with E-state index in [0.717, 1.165) is 19.3 Å². The highest BCUT2D eigenvalue weighted by molar-refractivity contribution is 5.98. The third-order valence-corrected chi connectivity index (χ3v) is 4.51. The van der Waals surface area contributed by atoms with Gasteiger partial charge in [0.05, 0.1) is 5.92 Å². The van der Waals surface area contributed by atoms with Crippen molar-refractivity contribution in [3.63, 3.8) is 0 Å². The second-order valence-corrected chi connectivity index (χ2v) is 6.05. The minimum absolute atomic E-state index is 0.249. The highest BCUT2D eigenvalue weighted by Crippen LogP contribution is 2.25. The van der Waals surface area contributed by atoms with Crippen LogP contribution in [0.1, 0.15) is 42.6 Å². The molecule has 1 aliphatic carbocycles. The van der Waals surface area contributed by atoms with Crippen molar-refractivity contribution in [1.82, 2.24) is 10.3 Å². The highest BCUT2D eigenvalue weighted by atomic mass is 19.1. The molecule has 122 valence electrons. The van der Waals surface area contributed by atoms with Gasteiger partial charge >= 0.3 is 5.97 Å². The number of hydrogen-bond donors (Lipinski definition) is 3. The summed E-state index contributed by atoms with van der Waals surface area (Å²) in [5.41, 5.74) is 0.796. The number of amides is 1. The Morgan fingerprint density at radius 1 is 1.22 bits per heavy atom. The van der Waals surface area contributed by atoms with Crippen LogP contribution in [-0.4, -0.2) is 28.0 Å².